The number of nitrogens with zero attached hydrogens (tertiary/aromatic N) is 3. The molecule has 0 radical (unpaired) electrons. The van der Waals surface area contributed by atoms with E-state index in [0.717, 1.165) is 20.9 Å². The Hall–Kier alpha value is -2.71. The molecule has 2 aromatic heterocycles. The van der Waals surface area contributed by atoms with Gasteiger partial charge in [-0.3, -0.25) is 4.79 Å². The summed E-state index contributed by atoms with van der Waals surface area (Å²) in [6.07, 6.45) is 1.89. The third kappa shape index (κ3) is 3.47. The van der Waals surface area contributed by atoms with Crippen molar-refractivity contribution >= 4 is 27.0 Å². The first-order chi connectivity index (χ1) is 12.3. The molecule has 0 fully saturated rings. The number of sulfonamides is 1. The van der Waals surface area contributed by atoms with Gasteiger partial charge in [0.15, 0.2) is 0 Å². The van der Waals surface area contributed by atoms with Crippen molar-refractivity contribution in [2.45, 2.75) is 11.4 Å². The van der Waals surface area contributed by atoms with E-state index in [2.05, 4.69) is 10.3 Å². The van der Waals surface area contributed by atoms with Gasteiger partial charge in [-0.05, 0) is 35.9 Å². The second-order valence-electron chi connectivity index (χ2n) is 6.15. The van der Waals surface area contributed by atoms with Gasteiger partial charge in [-0.2, -0.15) is 0 Å². The van der Waals surface area contributed by atoms with E-state index in [4.69, 9.17) is 0 Å². The molecule has 1 N–H and O–H groups in total. The minimum Gasteiger partial charge on any atom is -0.347 e. The molecule has 0 saturated carbocycles. The number of aromatic nitrogens is 2. The minimum absolute atomic E-state index is 0.216. The van der Waals surface area contributed by atoms with Gasteiger partial charge >= 0.3 is 0 Å². The van der Waals surface area contributed by atoms with Crippen LogP contribution in [0.15, 0.2) is 53.6 Å². The lowest BCUT2D eigenvalue weighted by Crippen LogP contribution is -2.24. The number of fused-ring (bicyclic) bond motifs is 1. The molecule has 3 rings (SSSR count). The first-order valence-corrected chi connectivity index (χ1v) is 9.45. The third-order valence-electron chi connectivity index (χ3n) is 4.10. The molecule has 26 heavy (non-hydrogen) atoms. The molecule has 1 aromatic carbocycles. The smallest absolute Gasteiger partial charge is 0.270 e. The molecule has 3 aromatic rings. The molecular weight excluding hydrogens is 352 g/mol. The molecule has 2 heterocycles. The van der Waals surface area contributed by atoms with Crippen molar-refractivity contribution in [1.29, 1.82) is 0 Å². The predicted molar refractivity (Wildman–Crippen MR) is 99.2 cm³/mol. The van der Waals surface area contributed by atoms with Gasteiger partial charge in [-0.15, -0.1) is 0 Å². The van der Waals surface area contributed by atoms with Crippen molar-refractivity contribution in [2.75, 3.05) is 14.1 Å². The topological polar surface area (TPSA) is 84.3 Å². The molecule has 0 spiro atoms. The normalized spacial score (nSPS) is 11.8. The monoisotopic (exact) mass is 372 g/mol. The van der Waals surface area contributed by atoms with Crippen molar-refractivity contribution in [3.8, 4) is 0 Å². The second-order valence-corrected chi connectivity index (χ2v) is 8.30. The van der Waals surface area contributed by atoms with Gasteiger partial charge in [0.25, 0.3) is 5.91 Å². The lowest BCUT2D eigenvalue weighted by molar-refractivity contribution is 0.0946. The number of hydrogen-bond donors (Lipinski definition) is 1. The lowest BCUT2D eigenvalue weighted by Gasteiger charge is -2.12. The number of rotatable bonds is 5. The summed E-state index contributed by atoms with van der Waals surface area (Å²) in [4.78, 5) is 16.9. The average molecular weight is 372 g/mol. The van der Waals surface area contributed by atoms with E-state index in [1.807, 2.05) is 29.9 Å². The maximum Gasteiger partial charge on any atom is 0.270 e. The summed E-state index contributed by atoms with van der Waals surface area (Å²) in [6.45, 7) is 0.286. The van der Waals surface area contributed by atoms with Crippen LogP contribution in [0, 0.1) is 0 Å². The molecule has 1 amide bonds. The molecule has 0 bridgehead atoms. The SMILES string of the molecule is CN(C)S(=O)(=O)c1ccc(CNC(=O)c2ccc3ccn(C)c3n2)cc1. The maximum atomic E-state index is 12.3. The number of carbonyl (C=O) groups excluding carboxylic acids is 1. The van der Waals surface area contributed by atoms with Crippen LogP contribution in [0.5, 0.6) is 0 Å². The zero-order valence-corrected chi connectivity index (χ0v) is 15.6. The standard InChI is InChI=1S/C18H20N4O3S/c1-21(2)26(24,25)15-7-4-13(5-8-15)12-19-18(23)16-9-6-14-10-11-22(3)17(14)20-16/h4-11H,12H2,1-3H3,(H,19,23). The van der Waals surface area contributed by atoms with Crippen molar-refractivity contribution < 1.29 is 13.2 Å². The number of aryl methyl sites for hydroxylation is 1. The Bertz CT molecular complexity index is 1050. The number of hydrogen-bond acceptors (Lipinski definition) is 4. The zero-order chi connectivity index (χ0) is 18.9. The highest BCUT2D eigenvalue weighted by atomic mass is 32.2. The van der Waals surface area contributed by atoms with Crippen LogP contribution in [-0.4, -0.2) is 42.3 Å². The van der Waals surface area contributed by atoms with Crippen LogP contribution in [0.3, 0.4) is 0 Å². The first kappa shape index (κ1) is 18.1. The molecule has 7 nitrogen and oxygen atoms in total. The zero-order valence-electron chi connectivity index (χ0n) is 14.8. The van der Waals surface area contributed by atoms with Gasteiger partial charge in [0.2, 0.25) is 10.0 Å². The fraction of sp³-hybridized carbons (Fsp3) is 0.222. The van der Waals surface area contributed by atoms with Crippen molar-refractivity contribution in [3.63, 3.8) is 0 Å². The van der Waals surface area contributed by atoms with Crippen LogP contribution in [0.2, 0.25) is 0 Å². The van der Waals surface area contributed by atoms with Crippen LogP contribution in [0.1, 0.15) is 16.1 Å². The predicted octanol–water partition coefficient (Wildman–Crippen LogP) is 1.75. The van der Waals surface area contributed by atoms with Gasteiger partial charge in [-0.1, -0.05) is 12.1 Å². The van der Waals surface area contributed by atoms with E-state index in [1.165, 1.54) is 26.2 Å². The summed E-state index contributed by atoms with van der Waals surface area (Å²) >= 11 is 0. The van der Waals surface area contributed by atoms with Crippen LogP contribution in [0.4, 0.5) is 0 Å². The molecule has 0 unspecified atom stereocenters. The van der Waals surface area contributed by atoms with Gasteiger partial charge in [-0.25, -0.2) is 17.7 Å². The highest BCUT2D eigenvalue weighted by molar-refractivity contribution is 7.89. The molecule has 136 valence electrons. The highest BCUT2D eigenvalue weighted by Crippen LogP contribution is 2.15. The first-order valence-electron chi connectivity index (χ1n) is 8.01. The van der Waals surface area contributed by atoms with Crippen molar-refractivity contribution in [3.05, 3.63) is 59.9 Å². The van der Waals surface area contributed by atoms with Gasteiger partial charge < -0.3 is 9.88 Å². The van der Waals surface area contributed by atoms with Crippen molar-refractivity contribution in [1.82, 2.24) is 19.2 Å². The molecular formula is C18H20N4O3S. The third-order valence-corrected chi connectivity index (χ3v) is 5.93. The number of amides is 1. The number of benzene rings is 1. The van der Waals surface area contributed by atoms with Crippen LogP contribution < -0.4 is 5.32 Å². The van der Waals surface area contributed by atoms with Crippen LogP contribution in [-0.2, 0) is 23.6 Å². The molecule has 8 heteroatoms. The second kappa shape index (κ2) is 6.89. The molecule has 0 atom stereocenters. The van der Waals surface area contributed by atoms with Crippen LogP contribution >= 0.6 is 0 Å². The molecule has 0 saturated heterocycles. The van der Waals surface area contributed by atoms with E-state index < -0.39 is 10.0 Å². The number of carbonyl (C=O) groups is 1. The van der Waals surface area contributed by atoms with E-state index in [9.17, 15) is 13.2 Å². The minimum atomic E-state index is -3.45. The fourth-order valence-corrected chi connectivity index (χ4v) is 3.43. The lowest BCUT2D eigenvalue weighted by atomic mass is 10.2. The average Bonchev–Trinajstić information content (AvgIpc) is 3.00. The Morgan fingerprint density at radius 3 is 2.46 bits per heavy atom. The summed E-state index contributed by atoms with van der Waals surface area (Å²) < 4.78 is 27.1. The molecule has 0 aliphatic carbocycles. The summed E-state index contributed by atoms with van der Waals surface area (Å²) in [5.74, 6) is -0.280. The summed E-state index contributed by atoms with van der Waals surface area (Å²) in [6, 6.07) is 11.9. The number of pyridine rings is 1. The largest absolute Gasteiger partial charge is 0.347 e. The Balaban J connectivity index is 1.70. The maximum absolute atomic E-state index is 12.3. The van der Waals surface area contributed by atoms with Crippen LogP contribution in [0.25, 0.3) is 11.0 Å². The van der Waals surface area contributed by atoms with E-state index in [0.29, 0.717) is 5.69 Å². The Morgan fingerprint density at radius 1 is 1.12 bits per heavy atom. The fourth-order valence-electron chi connectivity index (χ4n) is 2.52. The summed E-state index contributed by atoms with van der Waals surface area (Å²) in [5, 5.41) is 3.78. The van der Waals surface area contributed by atoms with E-state index in [-0.39, 0.29) is 17.3 Å². The van der Waals surface area contributed by atoms with Gasteiger partial charge in [0.05, 0.1) is 4.90 Å². The highest BCUT2D eigenvalue weighted by Gasteiger charge is 2.16. The summed E-state index contributed by atoms with van der Waals surface area (Å²) in [7, 11) is 1.39. The Kier molecular flexibility index (Phi) is 4.80. The summed E-state index contributed by atoms with van der Waals surface area (Å²) in [5.41, 5.74) is 1.89. The number of nitrogens with one attached hydrogen (secondary N) is 1. The Labute approximate surface area is 152 Å². The Morgan fingerprint density at radius 2 is 1.81 bits per heavy atom. The quantitative estimate of drug-likeness (QED) is 0.740. The van der Waals surface area contributed by atoms with Gasteiger partial charge in [0, 0.05) is 39.3 Å². The molecule has 0 aliphatic rings. The van der Waals surface area contributed by atoms with Crippen molar-refractivity contribution in [2.24, 2.45) is 7.05 Å². The van der Waals surface area contributed by atoms with Gasteiger partial charge in [0.1, 0.15) is 11.3 Å². The van der Waals surface area contributed by atoms with E-state index in [1.54, 1.807) is 18.2 Å². The molecule has 0 aliphatic heterocycles. The van der Waals surface area contributed by atoms with E-state index >= 15 is 0 Å².